The first kappa shape index (κ1) is 15.0. The molecule has 2 aromatic rings. The highest BCUT2D eigenvalue weighted by Crippen LogP contribution is 2.39. The molecule has 5 atom stereocenters. The van der Waals surface area contributed by atoms with E-state index in [-0.39, 0.29) is 5.92 Å². The molecule has 2 aromatic heterocycles. The van der Waals surface area contributed by atoms with Gasteiger partial charge in [-0.25, -0.2) is 9.97 Å². The lowest BCUT2D eigenvalue weighted by atomic mass is 9.78. The van der Waals surface area contributed by atoms with E-state index in [2.05, 4.69) is 9.97 Å². The molecule has 0 spiro atoms. The molecule has 1 aliphatic carbocycles. The zero-order valence-electron chi connectivity index (χ0n) is 12.9. The fourth-order valence-electron chi connectivity index (χ4n) is 3.55. The maximum absolute atomic E-state index is 10.4. The molecule has 23 heavy (non-hydrogen) atoms. The predicted octanol–water partition coefficient (Wildman–Crippen LogP) is 0.520. The van der Waals surface area contributed by atoms with E-state index in [0.29, 0.717) is 5.65 Å². The topological polar surface area (TPSA) is 101 Å². The van der Waals surface area contributed by atoms with E-state index in [0.717, 1.165) is 30.3 Å². The smallest absolute Gasteiger partial charge is 0.164 e. The first-order valence-corrected chi connectivity index (χ1v) is 8.05. The summed E-state index contributed by atoms with van der Waals surface area (Å²) in [4.78, 5) is 8.40. The third-order valence-corrected chi connectivity index (χ3v) is 5.23. The molecule has 3 N–H and O–H groups in total. The Balaban J connectivity index is 1.64. The zero-order chi connectivity index (χ0) is 16.1. The predicted molar refractivity (Wildman–Crippen MR) is 81.5 cm³/mol. The van der Waals surface area contributed by atoms with Crippen molar-refractivity contribution in [3.8, 4) is 0 Å². The van der Waals surface area contributed by atoms with Crippen molar-refractivity contribution in [1.82, 2.24) is 14.5 Å². The van der Waals surface area contributed by atoms with Crippen LogP contribution in [0.3, 0.4) is 0 Å². The molecule has 0 radical (unpaired) electrons. The summed E-state index contributed by atoms with van der Waals surface area (Å²) in [6.45, 7) is 1.89. The van der Waals surface area contributed by atoms with Gasteiger partial charge in [0.2, 0.25) is 0 Å². The Morgan fingerprint density at radius 3 is 2.74 bits per heavy atom. The van der Waals surface area contributed by atoms with Gasteiger partial charge in [-0.05, 0) is 31.7 Å². The molecule has 7 nitrogen and oxygen atoms in total. The highest BCUT2D eigenvalue weighted by Gasteiger charge is 2.49. The van der Waals surface area contributed by atoms with Gasteiger partial charge < -0.3 is 24.6 Å². The van der Waals surface area contributed by atoms with Crippen LogP contribution in [0.25, 0.3) is 11.0 Å². The van der Waals surface area contributed by atoms with Crippen molar-refractivity contribution in [1.29, 1.82) is 0 Å². The monoisotopic (exact) mass is 319 g/mol. The lowest BCUT2D eigenvalue weighted by Crippen LogP contribution is -2.44. The summed E-state index contributed by atoms with van der Waals surface area (Å²) in [5, 5.41) is 32.0. The lowest BCUT2D eigenvalue weighted by molar-refractivity contribution is -0.111. The quantitative estimate of drug-likeness (QED) is 0.762. The number of hydrogen-bond acceptors (Lipinski definition) is 6. The minimum absolute atomic E-state index is 0.145. The molecule has 1 saturated carbocycles. The van der Waals surface area contributed by atoms with Crippen LogP contribution in [0.1, 0.15) is 31.2 Å². The van der Waals surface area contributed by atoms with Crippen molar-refractivity contribution in [2.75, 3.05) is 0 Å². The van der Waals surface area contributed by atoms with E-state index in [1.807, 2.05) is 13.0 Å². The van der Waals surface area contributed by atoms with Crippen molar-refractivity contribution in [2.24, 2.45) is 5.92 Å². The van der Waals surface area contributed by atoms with Crippen LogP contribution in [0.15, 0.2) is 18.6 Å². The van der Waals surface area contributed by atoms with Crippen LogP contribution >= 0.6 is 0 Å². The van der Waals surface area contributed by atoms with Gasteiger partial charge in [0.25, 0.3) is 0 Å². The molecule has 124 valence electrons. The van der Waals surface area contributed by atoms with E-state index < -0.39 is 30.6 Å². The van der Waals surface area contributed by atoms with Gasteiger partial charge in [0.1, 0.15) is 30.3 Å². The van der Waals surface area contributed by atoms with Crippen LogP contribution < -0.4 is 0 Å². The van der Waals surface area contributed by atoms with Gasteiger partial charge in [0.05, 0.1) is 11.8 Å². The average molecular weight is 319 g/mol. The number of aliphatic hydroxyl groups is 3. The summed E-state index contributed by atoms with van der Waals surface area (Å²) in [5.74, 6) is 0.145. The molecule has 0 unspecified atom stereocenters. The third kappa shape index (κ3) is 2.27. The van der Waals surface area contributed by atoms with E-state index >= 15 is 0 Å². The third-order valence-electron chi connectivity index (χ3n) is 5.23. The Kier molecular flexibility index (Phi) is 3.60. The minimum atomic E-state index is -1.11. The van der Waals surface area contributed by atoms with Crippen LogP contribution in [0.4, 0.5) is 0 Å². The summed E-state index contributed by atoms with van der Waals surface area (Å²) < 4.78 is 7.55. The molecule has 1 aliphatic heterocycles. The Morgan fingerprint density at radius 1 is 1.26 bits per heavy atom. The van der Waals surface area contributed by atoms with E-state index in [1.165, 1.54) is 6.33 Å². The first-order valence-electron chi connectivity index (χ1n) is 8.05. The Hall–Kier alpha value is -1.54. The van der Waals surface area contributed by atoms with Gasteiger partial charge in [-0.1, -0.05) is 6.42 Å². The Bertz CT molecular complexity index is 714. The number of rotatable bonds is 3. The Labute approximate surface area is 133 Å². The van der Waals surface area contributed by atoms with Crippen LogP contribution in [-0.4, -0.2) is 54.3 Å². The standard InChI is InChI=1S/C16H21N3O4/c1-8-10-5-6-19(15(10)18-7-17-8)16-13(22)12(21)14(23-16)11(20)9-3-2-4-9/h5-7,9,11-14,16,20-22H,2-4H2,1H3/t11-,12-,13+,14+,16+/m0/s1. The number of aromatic nitrogens is 3. The molecule has 2 fully saturated rings. The fraction of sp³-hybridized carbons (Fsp3) is 0.625. The van der Waals surface area contributed by atoms with Crippen LogP contribution in [0.5, 0.6) is 0 Å². The SMILES string of the molecule is Cc1ncnc2c1ccn2[C@@H]1O[C@H]([C@@H](O)C2CCC2)[C@@H](O)[C@H]1O. The molecule has 0 aromatic carbocycles. The molecular formula is C16H21N3O4. The number of fused-ring (bicyclic) bond motifs is 1. The van der Waals surface area contributed by atoms with Gasteiger partial charge in [0, 0.05) is 11.6 Å². The van der Waals surface area contributed by atoms with Gasteiger partial charge in [-0.2, -0.15) is 0 Å². The second-order valence-electron chi connectivity index (χ2n) is 6.57. The lowest BCUT2D eigenvalue weighted by Gasteiger charge is -2.34. The van der Waals surface area contributed by atoms with Gasteiger partial charge >= 0.3 is 0 Å². The number of ether oxygens (including phenoxy) is 1. The van der Waals surface area contributed by atoms with E-state index in [4.69, 9.17) is 4.74 Å². The maximum Gasteiger partial charge on any atom is 0.164 e. The normalized spacial score (nSPS) is 33.0. The fourth-order valence-corrected chi connectivity index (χ4v) is 3.55. The number of nitrogens with zero attached hydrogens (tertiary/aromatic N) is 3. The van der Waals surface area contributed by atoms with E-state index in [1.54, 1.807) is 10.8 Å². The van der Waals surface area contributed by atoms with E-state index in [9.17, 15) is 15.3 Å². The summed E-state index contributed by atoms with van der Waals surface area (Å²) >= 11 is 0. The van der Waals surface area contributed by atoms with Crippen LogP contribution in [0.2, 0.25) is 0 Å². The zero-order valence-corrected chi connectivity index (χ0v) is 12.9. The summed E-state index contributed by atoms with van der Waals surface area (Å²) in [6, 6.07) is 1.86. The van der Waals surface area contributed by atoms with Crippen molar-refractivity contribution in [3.05, 3.63) is 24.3 Å². The van der Waals surface area contributed by atoms with Crippen LogP contribution in [-0.2, 0) is 4.74 Å². The summed E-state index contributed by atoms with van der Waals surface area (Å²) in [6.07, 6.45) is 1.68. The largest absolute Gasteiger partial charge is 0.390 e. The highest BCUT2D eigenvalue weighted by atomic mass is 16.6. The van der Waals surface area contributed by atoms with Crippen molar-refractivity contribution in [3.63, 3.8) is 0 Å². The summed E-state index contributed by atoms with van der Waals surface area (Å²) in [5.41, 5.74) is 1.49. The number of aliphatic hydroxyl groups excluding tert-OH is 3. The minimum Gasteiger partial charge on any atom is -0.390 e. The number of aryl methyl sites for hydroxylation is 1. The molecule has 3 heterocycles. The second kappa shape index (κ2) is 5.52. The van der Waals surface area contributed by atoms with Gasteiger partial charge in [0.15, 0.2) is 6.23 Å². The molecule has 7 heteroatoms. The van der Waals surface area contributed by atoms with Crippen molar-refractivity contribution >= 4 is 11.0 Å². The average Bonchev–Trinajstić information content (AvgIpc) is 3.01. The second-order valence-corrected chi connectivity index (χ2v) is 6.57. The van der Waals surface area contributed by atoms with Gasteiger partial charge in [-0.3, -0.25) is 0 Å². The molecule has 0 bridgehead atoms. The van der Waals surface area contributed by atoms with Crippen LogP contribution in [0, 0.1) is 12.8 Å². The summed E-state index contributed by atoms with van der Waals surface area (Å²) in [7, 11) is 0. The molecular weight excluding hydrogens is 298 g/mol. The molecule has 1 saturated heterocycles. The van der Waals surface area contributed by atoms with Crippen molar-refractivity contribution in [2.45, 2.75) is 56.8 Å². The first-order chi connectivity index (χ1) is 11.1. The highest BCUT2D eigenvalue weighted by molar-refractivity contribution is 5.78. The molecule has 2 aliphatic rings. The van der Waals surface area contributed by atoms with Crippen molar-refractivity contribution < 1.29 is 20.1 Å². The van der Waals surface area contributed by atoms with Gasteiger partial charge in [-0.15, -0.1) is 0 Å². The Morgan fingerprint density at radius 2 is 2.04 bits per heavy atom. The molecule has 4 rings (SSSR count). The molecule has 0 amide bonds. The number of hydrogen-bond donors (Lipinski definition) is 3. The maximum atomic E-state index is 10.4.